The van der Waals surface area contributed by atoms with Gasteiger partial charge in [0.25, 0.3) is 0 Å². The zero-order valence-corrected chi connectivity index (χ0v) is 14.5. The van der Waals surface area contributed by atoms with E-state index in [4.69, 9.17) is 9.73 Å². The summed E-state index contributed by atoms with van der Waals surface area (Å²) in [7, 11) is 0. The number of guanidine groups is 1. The van der Waals surface area contributed by atoms with Gasteiger partial charge in [0.2, 0.25) is 0 Å². The lowest BCUT2D eigenvalue weighted by atomic mass is 10.1. The van der Waals surface area contributed by atoms with Crippen LogP contribution in [0.3, 0.4) is 0 Å². The minimum atomic E-state index is 0.418. The van der Waals surface area contributed by atoms with Gasteiger partial charge in [0, 0.05) is 19.2 Å². The number of hydrogen-bond acceptors (Lipinski definition) is 2. The fraction of sp³-hybridized carbons (Fsp3) is 0.611. The summed E-state index contributed by atoms with van der Waals surface area (Å²) < 4.78 is 5.67. The van der Waals surface area contributed by atoms with Gasteiger partial charge in [-0.2, -0.15) is 0 Å². The number of hydrogen-bond donors (Lipinski definition) is 2. The Kier molecular flexibility index (Phi) is 9.31. The van der Waals surface area contributed by atoms with Crippen molar-refractivity contribution in [2.24, 2.45) is 4.99 Å². The SMILES string of the molecule is CCCOCc1ccccc1CN=C(NCC)NC(C)CC. The Morgan fingerprint density at radius 1 is 1.18 bits per heavy atom. The molecule has 0 spiro atoms. The average Bonchev–Trinajstić information content (AvgIpc) is 2.54. The van der Waals surface area contributed by atoms with Gasteiger partial charge < -0.3 is 15.4 Å². The zero-order chi connectivity index (χ0) is 16.2. The Morgan fingerprint density at radius 3 is 2.55 bits per heavy atom. The van der Waals surface area contributed by atoms with Crippen LogP contribution in [0.4, 0.5) is 0 Å². The first kappa shape index (κ1) is 18.5. The number of rotatable bonds is 9. The molecule has 1 atom stereocenters. The predicted molar refractivity (Wildman–Crippen MR) is 94.1 cm³/mol. The molecule has 0 aliphatic rings. The molecule has 0 aliphatic heterocycles. The van der Waals surface area contributed by atoms with Gasteiger partial charge >= 0.3 is 0 Å². The molecule has 2 N–H and O–H groups in total. The molecule has 4 heteroatoms. The lowest BCUT2D eigenvalue weighted by molar-refractivity contribution is 0.121. The molecular formula is C18H31N3O. The van der Waals surface area contributed by atoms with Crippen molar-refractivity contribution in [3.05, 3.63) is 35.4 Å². The highest BCUT2D eigenvalue weighted by molar-refractivity contribution is 5.80. The van der Waals surface area contributed by atoms with E-state index >= 15 is 0 Å². The number of nitrogens with zero attached hydrogens (tertiary/aromatic N) is 1. The smallest absolute Gasteiger partial charge is 0.191 e. The summed E-state index contributed by atoms with van der Waals surface area (Å²) in [5.41, 5.74) is 2.44. The molecule has 0 bridgehead atoms. The molecule has 0 amide bonds. The number of nitrogens with one attached hydrogen (secondary N) is 2. The van der Waals surface area contributed by atoms with Crippen molar-refractivity contribution in [1.29, 1.82) is 0 Å². The number of aliphatic imine (C=N–C) groups is 1. The monoisotopic (exact) mass is 305 g/mol. The Hall–Kier alpha value is -1.55. The van der Waals surface area contributed by atoms with Crippen LogP contribution >= 0.6 is 0 Å². The summed E-state index contributed by atoms with van der Waals surface area (Å²) in [5, 5.41) is 6.71. The van der Waals surface area contributed by atoms with Gasteiger partial charge in [-0.1, -0.05) is 38.1 Å². The van der Waals surface area contributed by atoms with E-state index in [1.165, 1.54) is 11.1 Å². The van der Waals surface area contributed by atoms with Crippen LogP contribution in [0.15, 0.2) is 29.3 Å². The maximum absolute atomic E-state index is 5.67. The highest BCUT2D eigenvalue weighted by atomic mass is 16.5. The molecule has 0 saturated heterocycles. The summed E-state index contributed by atoms with van der Waals surface area (Å²) in [5.74, 6) is 0.876. The lowest BCUT2D eigenvalue weighted by Gasteiger charge is -2.16. The van der Waals surface area contributed by atoms with Gasteiger partial charge in [0.05, 0.1) is 13.2 Å². The van der Waals surface area contributed by atoms with E-state index in [0.29, 0.717) is 19.2 Å². The molecule has 1 unspecified atom stereocenters. The van der Waals surface area contributed by atoms with Crippen LogP contribution in [0.1, 0.15) is 51.7 Å². The molecule has 0 radical (unpaired) electrons. The minimum absolute atomic E-state index is 0.418. The summed E-state index contributed by atoms with van der Waals surface area (Å²) in [6.07, 6.45) is 2.12. The third kappa shape index (κ3) is 6.94. The topological polar surface area (TPSA) is 45.6 Å². The molecule has 0 aliphatic carbocycles. The lowest BCUT2D eigenvalue weighted by Crippen LogP contribution is -2.41. The van der Waals surface area contributed by atoms with Crippen LogP contribution in [0.25, 0.3) is 0 Å². The first-order chi connectivity index (χ1) is 10.7. The fourth-order valence-corrected chi connectivity index (χ4v) is 2.00. The molecular weight excluding hydrogens is 274 g/mol. The van der Waals surface area contributed by atoms with Crippen molar-refractivity contribution in [3.8, 4) is 0 Å². The van der Waals surface area contributed by atoms with Gasteiger partial charge in [-0.25, -0.2) is 4.99 Å². The van der Waals surface area contributed by atoms with Gasteiger partial charge in [-0.3, -0.25) is 0 Å². The average molecular weight is 305 g/mol. The maximum Gasteiger partial charge on any atom is 0.191 e. The van der Waals surface area contributed by atoms with Crippen LogP contribution in [-0.4, -0.2) is 25.2 Å². The number of benzene rings is 1. The molecule has 0 aromatic heterocycles. The van der Waals surface area contributed by atoms with Crippen molar-refractivity contribution >= 4 is 5.96 Å². The Balaban J connectivity index is 2.71. The van der Waals surface area contributed by atoms with Crippen LogP contribution in [0, 0.1) is 0 Å². The zero-order valence-electron chi connectivity index (χ0n) is 14.5. The minimum Gasteiger partial charge on any atom is -0.377 e. The highest BCUT2D eigenvalue weighted by Crippen LogP contribution is 2.11. The van der Waals surface area contributed by atoms with E-state index in [2.05, 4.69) is 62.6 Å². The quantitative estimate of drug-likeness (QED) is 0.417. The molecule has 1 aromatic rings. The standard InChI is InChI=1S/C18H31N3O/c1-5-12-22-14-17-11-9-8-10-16(17)13-20-18(19-7-3)21-15(4)6-2/h8-11,15H,5-7,12-14H2,1-4H3,(H2,19,20,21). The molecule has 1 aromatic carbocycles. The van der Waals surface area contributed by atoms with Gasteiger partial charge in [0.15, 0.2) is 5.96 Å². The maximum atomic E-state index is 5.67. The van der Waals surface area contributed by atoms with E-state index in [-0.39, 0.29) is 0 Å². The van der Waals surface area contributed by atoms with Crippen LogP contribution in [0.5, 0.6) is 0 Å². The van der Waals surface area contributed by atoms with Crippen molar-refractivity contribution in [2.75, 3.05) is 13.2 Å². The Morgan fingerprint density at radius 2 is 1.91 bits per heavy atom. The third-order valence-corrected chi connectivity index (χ3v) is 3.47. The predicted octanol–water partition coefficient (Wildman–Crippen LogP) is 3.47. The largest absolute Gasteiger partial charge is 0.377 e. The van der Waals surface area contributed by atoms with Crippen LogP contribution < -0.4 is 10.6 Å². The van der Waals surface area contributed by atoms with Gasteiger partial charge in [-0.05, 0) is 37.8 Å². The fourth-order valence-electron chi connectivity index (χ4n) is 2.00. The Bertz CT molecular complexity index is 446. The molecule has 4 nitrogen and oxygen atoms in total. The molecule has 124 valence electrons. The van der Waals surface area contributed by atoms with E-state index in [1.807, 2.05) is 0 Å². The second kappa shape index (κ2) is 11.1. The van der Waals surface area contributed by atoms with Crippen molar-refractivity contribution in [3.63, 3.8) is 0 Å². The third-order valence-electron chi connectivity index (χ3n) is 3.47. The van der Waals surface area contributed by atoms with Crippen molar-refractivity contribution < 1.29 is 4.74 Å². The van der Waals surface area contributed by atoms with E-state index in [1.54, 1.807) is 0 Å². The van der Waals surface area contributed by atoms with E-state index < -0.39 is 0 Å². The molecule has 0 heterocycles. The second-order valence-corrected chi connectivity index (χ2v) is 5.47. The normalized spacial score (nSPS) is 13.0. The second-order valence-electron chi connectivity index (χ2n) is 5.47. The van der Waals surface area contributed by atoms with E-state index in [0.717, 1.165) is 32.0 Å². The van der Waals surface area contributed by atoms with Gasteiger partial charge in [-0.15, -0.1) is 0 Å². The number of ether oxygens (including phenoxy) is 1. The molecule has 0 saturated carbocycles. The van der Waals surface area contributed by atoms with Crippen molar-refractivity contribution in [1.82, 2.24) is 10.6 Å². The first-order valence-corrected chi connectivity index (χ1v) is 8.40. The Labute approximate surface area is 135 Å². The van der Waals surface area contributed by atoms with Crippen LogP contribution in [0.2, 0.25) is 0 Å². The highest BCUT2D eigenvalue weighted by Gasteiger charge is 2.05. The molecule has 0 fully saturated rings. The van der Waals surface area contributed by atoms with Crippen molar-refractivity contribution in [2.45, 2.75) is 59.7 Å². The summed E-state index contributed by atoms with van der Waals surface area (Å²) in [6.45, 7) is 11.5. The first-order valence-electron chi connectivity index (χ1n) is 8.40. The van der Waals surface area contributed by atoms with Crippen LogP contribution in [-0.2, 0) is 17.9 Å². The van der Waals surface area contributed by atoms with E-state index in [9.17, 15) is 0 Å². The van der Waals surface area contributed by atoms with Gasteiger partial charge in [0.1, 0.15) is 0 Å². The summed E-state index contributed by atoms with van der Waals surface area (Å²) >= 11 is 0. The summed E-state index contributed by atoms with van der Waals surface area (Å²) in [6, 6.07) is 8.78. The summed E-state index contributed by atoms with van der Waals surface area (Å²) in [4.78, 5) is 4.70. The molecule has 22 heavy (non-hydrogen) atoms. The molecule has 1 rings (SSSR count).